The zero-order valence-corrected chi connectivity index (χ0v) is 13.2. The molecule has 1 amide bonds. The highest BCUT2D eigenvalue weighted by Crippen LogP contribution is 2.25. The molecule has 122 valence electrons. The Balaban J connectivity index is 1.59. The van der Waals surface area contributed by atoms with Gasteiger partial charge in [-0.1, -0.05) is 0 Å². The van der Waals surface area contributed by atoms with E-state index in [9.17, 15) is 9.90 Å². The highest BCUT2D eigenvalue weighted by Gasteiger charge is 2.36. The Morgan fingerprint density at radius 3 is 2.92 bits per heavy atom. The lowest BCUT2D eigenvalue weighted by molar-refractivity contribution is 0.0640. The fourth-order valence-corrected chi connectivity index (χ4v) is 3.45. The molecule has 0 spiro atoms. The molecule has 2 atom stereocenters. The quantitative estimate of drug-likeness (QED) is 0.778. The smallest absolute Gasteiger partial charge is 0.254 e. The number of fused-ring (bicyclic) bond motifs is 1. The van der Waals surface area contributed by atoms with Crippen LogP contribution in [0, 0.1) is 0 Å². The fourth-order valence-electron chi connectivity index (χ4n) is 3.45. The predicted molar refractivity (Wildman–Crippen MR) is 91.7 cm³/mol. The summed E-state index contributed by atoms with van der Waals surface area (Å²) in [6.07, 6.45) is 6.12. The number of aliphatic hydroxyl groups is 1. The molecular formula is C19H19N3O2. The van der Waals surface area contributed by atoms with Crippen molar-refractivity contribution in [3.8, 4) is 0 Å². The number of hydrogen-bond acceptors (Lipinski definition) is 3. The Morgan fingerprint density at radius 1 is 1.25 bits per heavy atom. The Morgan fingerprint density at radius 2 is 2.08 bits per heavy atom. The molecule has 3 heterocycles. The van der Waals surface area contributed by atoms with E-state index in [4.69, 9.17) is 0 Å². The Hall–Kier alpha value is -2.66. The number of amides is 1. The molecule has 3 aromatic rings. The number of carbonyl (C=O) groups is 1. The lowest BCUT2D eigenvalue weighted by Crippen LogP contribution is -2.41. The van der Waals surface area contributed by atoms with Crippen molar-refractivity contribution in [3.63, 3.8) is 0 Å². The van der Waals surface area contributed by atoms with E-state index in [1.54, 1.807) is 17.3 Å². The summed E-state index contributed by atoms with van der Waals surface area (Å²) in [5.41, 5.74) is 2.76. The molecular weight excluding hydrogens is 302 g/mol. The molecule has 5 heteroatoms. The van der Waals surface area contributed by atoms with Crippen LogP contribution < -0.4 is 0 Å². The molecule has 1 aliphatic heterocycles. The summed E-state index contributed by atoms with van der Waals surface area (Å²) in [4.78, 5) is 21.9. The van der Waals surface area contributed by atoms with Crippen molar-refractivity contribution in [2.24, 2.45) is 0 Å². The first-order valence-electron chi connectivity index (χ1n) is 8.17. The van der Waals surface area contributed by atoms with Gasteiger partial charge in [0.05, 0.1) is 12.1 Å². The number of nitrogens with one attached hydrogen (secondary N) is 1. The van der Waals surface area contributed by atoms with Crippen LogP contribution in [0.25, 0.3) is 10.9 Å². The minimum Gasteiger partial charge on any atom is -0.391 e. The number of aromatic amines is 1. The summed E-state index contributed by atoms with van der Waals surface area (Å²) < 4.78 is 0. The molecule has 4 rings (SSSR count). The van der Waals surface area contributed by atoms with E-state index < -0.39 is 6.10 Å². The number of benzene rings is 1. The van der Waals surface area contributed by atoms with E-state index in [2.05, 4.69) is 9.97 Å². The Labute approximate surface area is 139 Å². The van der Waals surface area contributed by atoms with Crippen LogP contribution in [-0.4, -0.2) is 44.6 Å². The second-order valence-corrected chi connectivity index (χ2v) is 6.26. The van der Waals surface area contributed by atoms with Crippen molar-refractivity contribution < 1.29 is 9.90 Å². The third kappa shape index (κ3) is 2.67. The first-order chi connectivity index (χ1) is 11.7. The third-order valence-corrected chi connectivity index (χ3v) is 4.77. The van der Waals surface area contributed by atoms with Crippen LogP contribution >= 0.6 is 0 Å². The van der Waals surface area contributed by atoms with E-state index >= 15 is 0 Å². The van der Waals surface area contributed by atoms with E-state index in [0.717, 1.165) is 16.5 Å². The first-order valence-corrected chi connectivity index (χ1v) is 8.17. The summed E-state index contributed by atoms with van der Waals surface area (Å²) in [5.74, 6) is -0.0197. The number of likely N-dealkylation sites (tertiary alicyclic amines) is 1. The molecule has 0 saturated carbocycles. The maximum Gasteiger partial charge on any atom is 0.254 e. The Bertz CT molecular complexity index is 859. The topological polar surface area (TPSA) is 69.2 Å². The van der Waals surface area contributed by atoms with Gasteiger partial charge in [-0.3, -0.25) is 9.78 Å². The zero-order chi connectivity index (χ0) is 16.5. The SMILES string of the molecule is O=C(c1ccc2[nH]ccc2c1)N1CC[C@@H](O)[C@H]1Cc1ccncc1. The van der Waals surface area contributed by atoms with E-state index in [1.165, 1.54) is 0 Å². The maximum absolute atomic E-state index is 13.0. The van der Waals surface area contributed by atoms with Crippen molar-refractivity contribution in [3.05, 3.63) is 66.1 Å². The average molecular weight is 321 g/mol. The third-order valence-electron chi connectivity index (χ3n) is 4.77. The van der Waals surface area contributed by atoms with Gasteiger partial charge < -0.3 is 15.0 Å². The van der Waals surface area contributed by atoms with Crippen LogP contribution in [0.15, 0.2) is 55.0 Å². The average Bonchev–Trinajstić information content (AvgIpc) is 3.22. The molecule has 5 nitrogen and oxygen atoms in total. The van der Waals surface area contributed by atoms with Crippen molar-refractivity contribution in [2.45, 2.75) is 25.0 Å². The normalized spacial score (nSPS) is 20.6. The zero-order valence-electron chi connectivity index (χ0n) is 13.2. The van der Waals surface area contributed by atoms with E-state index in [1.807, 2.05) is 42.6 Å². The number of nitrogens with zero attached hydrogens (tertiary/aromatic N) is 2. The van der Waals surface area contributed by atoms with Crippen LogP contribution in [-0.2, 0) is 6.42 Å². The van der Waals surface area contributed by atoms with Crippen LogP contribution in [0.4, 0.5) is 0 Å². The summed E-state index contributed by atoms with van der Waals surface area (Å²) in [6, 6.07) is 11.3. The molecule has 2 aromatic heterocycles. The number of aromatic nitrogens is 2. The van der Waals surface area contributed by atoms with Crippen LogP contribution in [0.3, 0.4) is 0 Å². The second kappa shape index (κ2) is 6.09. The number of pyridine rings is 1. The van der Waals surface area contributed by atoms with Gasteiger partial charge >= 0.3 is 0 Å². The van der Waals surface area contributed by atoms with Gasteiger partial charge in [-0.2, -0.15) is 0 Å². The molecule has 0 aliphatic carbocycles. The highest BCUT2D eigenvalue weighted by molar-refractivity contribution is 5.98. The number of hydrogen-bond donors (Lipinski definition) is 2. The van der Waals surface area contributed by atoms with E-state index in [0.29, 0.717) is 24.9 Å². The van der Waals surface area contributed by atoms with Crippen molar-refractivity contribution in [1.29, 1.82) is 0 Å². The molecule has 1 saturated heterocycles. The molecule has 0 radical (unpaired) electrons. The standard InChI is InChI=1S/C19H19N3O2/c23-18-6-10-22(17(18)11-13-3-7-20-8-4-13)19(24)15-1-2-16-14(12-15)5-9-21-16/h1-5,7-9,12,17-18,21,23H,6,10-11H2/t17-,18-/m1/s1. The molecule has 24 heavy (non-hydrogen) atoms. The van der Waals surface area contributed by atoms with Crippen LogP contribution in [0.2, 0.25) is 0 Å². The van der Waals surface area contributed by atoms with Gasteiger partial charge in [0, 0.05) is 41.6 Å². The first kappa shape index (κ1) is 14.9. The second-order valence-electron chi connectivity index (χ2n) is 6.26. The van der Waals surface area contributed by atoms with Gasteiger partial charge in [-0.25, -0.2) is 0 Å². The minimum absolute atomic E-state index is 0.0197. The predicted octanol–water partition coefficient (Wildman–Crippen LogP) is 2.38. The van der Waals surface area contributed by atoms with Gasteiger partial charge in [0.1, 0.15) is 0 Å². The number of carbonyl (C=O) groups excluding carboxylic acids is 1. The molecule has 2 N–H and O–H groups in total. The highest BCUT2D eigenvalue weighted by atomic mass is 16.3. The summed E-state index contributed by atoms with van der Waals surface area (Å²) in [6.45, 7) is 0.584. The van der Waals surface area contributed by atoms with E-state index in [-0.39, 0.29) is 11.9 Å². The fraction of sp³-hybridized carbons (Fsp3) is 0.263. The lowest BCUT2D eigenvalue weighted by Gasteiger charge is -2.26. The molecule has 1 aromatic carbocycles. The number of aliphatic hydroxyl groups excluding tert-OH is 1. The molecule has 0 bridgehead atoms. The summed E-state index contributed by atoms with van der Waals surface area (Å²) in [5, 5.41) is 11.4. The van der Waals surface area contributed by atoms with Crippen molar-refractivity contribution in [2.75, 3.05) is 6.54 Å². The molecule has 1 fully saturated rings. The largest absolute Gasteiger partial charge is 0.391 e. The van der Waals surface area contributed by atoms with Crippen molar-refractivity contribution in [1.82, 2.24) is 14.9 Å². The number of H-pyrrole nitrogens is 1. The van der Waals surface area contributed by atoms with Gasteiger partial charge in [-0.15, -0.1) is 0 Å². The number of rotatable bonds is 3. The minimum atomic E-state index is -0.488. The van der Waals surface area contributed by atoms with Gasteiger partial charge in [0.15, 0.2) is 0 Å². The Kier molecular flexibility index (Phi) is 3.78. The molecule has 0 unspecified atom stereocenters. The summed E-state index contributed by atoms with van der Waals surface area (Å²) >= 11 is 0. The maximum atomic E-state index is 13.0. The molecule has 1 aliphatic rings. The van der Waals surface area contributed by atoms with Crippen LogP contribution in [0.5, 0.6) is 0 Å². The van der Waals surface area contributed by atoms with Crippen LogP contribution in [0.1, 0.15) is 22.3 Å². The lowest BCUT2D eigenvalue weighted by atomic mass is 10.0. The van der Waals surface area contributed by atoms with Gasteiger partial charge in [-0.05, 0) is 54.8 Å². The summed E-state index contributed by atoms with van der Waals surface area (Å²) in [7, 11) is 0. The van der Waals surface area contributed by atoms with Crippen molar-refractivity contribution >= 4 is 16.8 Å². The van der Waals surface area contributed by atoms with Gasteiger partial charge in [0.25, 0.3) is 5.91 Å². The van der Waals surface area contributed by atoms with Gasteiger partial charge in [0.2, 0.25) is 0 Å². The monoisotopic (exact) mass is 321 g/mol.